The average molecular weight is 450 g/mol. The fraction of sp³-hybridized carbons (Fsp3) is 0.238. The van der Waals surface area contributed by atoms with Gasteiger partial charge in [0, 0.05) is 11.7 Å². The highest BCUT2D eigenvalue weighted by Gasteiger charge is 2.30. The number of rotatable bonds is 7. The zero-order valence-corrected chi connectivity index (χ0v) is 17.2. The van der Waals surface area contributed by atoms with Crippen molar-refractivity contribution in [3.8, 4) is 5.75 Å². The SMILES string of the molecule is CC(C)NC(=O)C(=O)N/N=C\c1ccc(OCC(=O)Nc2cccc(C(F)(F)F)c2)cc1. The number of ether oxygens (including phenoxy) is 1. The molecule has 2 aromatic rings. The predicted molar refractivity (Wildman–Crippen MR) is 111 cm³/mol. The minimum absolute atomic E-state index is 0.00380. The van der Waals surface area contributed by atoms with Crippen LogP contribution >= 0.6 is 0 Å². The molecule has 8 nitrogen and oxygen atoms in total. The molecule has 3 amide bonds. The molecule has 0 bridgehead atoms. The van der Waals surface area contributed by atoms with E-state index in [1.54, 1.807) is 26.0 Å². The zero-order valence-electron chi connectivity index (χ0n) is 17.2. The van der Waals surface area contributed by atoms with Crippen LogP contribution in [0.15, 0.2) is 53.6 Å². The number of nitrogens with zero attached hydrogens (tertiary/aromatic N) is 1. The topological polar surface area (TPSA) is 109 Å². The fourth-order valence-corrected chi connectivity index (χ4v) is 2.31. The first kappa shape index (κ1) is 24.4. The summed E-state index contributed by atoms with van der Waals surface area (Å²) in [4.78, 5) is 34.9. The molecular formula is C21H21F3N4O4. The van der Waals surface area contributed by atoms with E-state index in [1.807, 2.05) is 0 Å². The third-order valence-corrected chi connectivity index (χ3v) is 3.73. The number of nitrogens with one attached hydrogen (secondary N) is 3. The van der Waals surface area contributed by atoms with Crippen molar-refractivity contribution in [3.05, 3.63) is 59.7 Å². The number of amides is 3. The molecule has 32 heavy (non-hydrogen) atoms. The van der Waals surface area contributed by atoms with Gasteiger partial charge >= 0.3 is 18.0 Å². The second-order valence-corrected chi connectivity index (χ2v) is 6.81. The lowest BCUT2D eigenvalue weighted by Gasteiger charge is -2.10. The molecule has 11 heteroatoms. The van der Waals surface area contributed by atoms with Crippen LogP contribution < -0.4 is 20.8 Å². The first-order valence-corrected chi connectivity index (χ1v) is 9.38. The summed E-state index contributed by atoms with van der Waals surface area (Å²) >= 11 is 0. The minimum Gasteiger partial charge on any atom is -0.484 e. The van der Waals surface area contributed by atoms with Crippen molar-refractivity contribution >= 4 is 29.6 Å². The first-order chi connectivity index (χ1) is 15.0. The van der Waals surface area contributed by atoms with Gasteiger partial charge in [0.05, 0.1) is 11.8 Å². The molecule has 0 saturated carbocycles. The smallest absolute Gasteiger partial charge is 0.416 e. The van der Waals surface area contributed by atoms with Crippen LogP contribution in [0, 0.1) is 0 Å². The van der Waals surface area contributed by atoms with Crippen LogP contribution in [0.4, 0.5) is 18.9 Å². The molecule has 0 fully saturated rings. The number of hydrazone groups is 1. The highest BCUT2D eigenvalue weighted by atomic mass is 19.4. The summed E-state index contributed by atoms with van der Waals surface area (Å²) in [6.07, 6.45) is -3.20. The number of alkyl halides is 3. The summed E-state index contributed by atoms with van der Waals surface area (Å²) in [6, 6.07) is 10.3. The molecule has 0 aromatic heterocycles. The van der Waals surface area contributed by atoms with Crippen LogP contribution in [0.5, 0.6) is 5.75 Å². The van der Waals surface area contributed by atoms with E-state index in [0.717, 1.165) is 12.1 Å². The van der Waals surface area contributed by atoms with Gasteiger partial charge in [0.1, 0.15) is 5.75 Å². The maximum atomic E-state index is 12.7. The molecule has 3 N–H and O–H groups in total. The third kappa shape index (κ3) is 8.09. The van der Waals surface area contributed by atoms with E-state index < -0.39 is 36.1 Å². The number of hydrogen-bond donors (Lipinski definition) is 3. The second-order valence-electron chi connectivity index (χ2n) is 6.81. The van der Waals surface area contributed by atoms with Crippen LogP contribution in [-0.4, -0.2) is 36.6 Å². The molecule has 0 atom stereocenters. The van der Waals surface area contributed by atoms with Gasteiger partial charge in [0.2, 0.25) is 0 Å². The molecule has 0 radical (unpaired) electrons. The molecule has 2 aromatic carbocycles. The maximum absolute atomic E-state index is 12.7. The average Bonchev–Trinajstić information content (AvgIpc) is 2.72. The summed E-state index contributed by atoms with van der Waals surface area (Å²) in [7, 11) is 0. The van der Waals surface area contributed by atoms with Gasteiger partial charge in [-0.1, -0.05) is 6.07 Å². The van der Waals surface area contributed by atoms with Crippen molar-refractivity contribution in [3.63, 3.8) is 0 Å². The lowest BCUT2D eigenvalue weighted by atomic mass is 10.2. The van der Waals surface area contributed by atoms with E-state index in [1.165, 1.54) is 30.5 Å². The highest BCUT2D eigenvalue weighted by Crippen LogP contribution is 2.30. The van der Waals surface area contributed by atoms with E-state index in [4.69, 9.17) is 4.74 Å². The standard InChI is InChI=1S/C21H21F3N4O4/c1-13(2)26-19(30)20(31)28-25-11-14-6-8-17(9-7-14)32-12-18(29)27-16-5-3-4-15(10-16)21(22,23)24/h3-11,13H,12H2,1-2H3,(H,26,30)(H,27,29)(H,28,31)/b25-11-. The molecule has 0 heterocycles. The fourth-order valence-electron chi connectivity index (χ4n) is 2.31. The number of halogens is 3. The van der Waals surface area contributed by atoms with Crippen LogP contribution in [-0.2, 0) is 20.6 Å². The molecule has 0 spiro atoms. The molecule has 170 valence electrons. The number of carbonyl (C=O) groups is 3. The first-order valence-electron chi connectivity index (χ1n) is 9.38. The largest absolute Gasteiger partial charge is 0.484 e. The Balaban J connectivity index is 1.82. The molecule has 2 rings (SSSR count). The Bertz CT molecular complexity index is 989. The molecule has 0 aliphatic heterocycles. The van der Waals surface area contributed by atoms with Gasteiger partial charge in [-0.05, 0) is 61.9 Å². The van der Waals surface area contributed by atoms with E-state index in [9.17, 15) is 27.6 Å². The maximum Gasteiger partial charge on any atom is 0.416 e. The van der Waals surface area contributed by atoms with Gasteiger partial charge in [0.15, 0.2) is 6.61 Å². The van der Waals surface area contributed by atoms with Gasteiger partial charge in [-0.15, -0.1) is 0 Å². The van der Waals surface area contributed by atoms with Gasteiger partial charge < -0.3 is 15.4 Å². The van der Waals surface area contributed by atoms with Gasteiger partial charge in [-0.3, -0.25) is 14.4 Å². The molecule has 0 aliphatic carbocycles. The predicted octanol–water partition coefficient (Wildman–Crippen LogP) is 2.70. The lowest BCUT2D eigenvalue weighted by Crippen LogP contribution is -2.41. The Morgan fingerprint density at radius 2 is 1.75 bits per heavy atom. The third-order valence-electron chi connectivity index (χ3n) is 3.73. The lowest BCUT2D eigenvalue weighted by molar-refractivity contribution is -0.139. The zero-order chi connectivity index (χ0) is 23.7. The molecule has 0 aliphatic rings. The summed E-state index contributed by atoms with van der Waals surface area (Å²) in [6.45, 7) is 3.02. The van der Waals surface area contributed by atoms with Crippen LogP contribution in [0.2, 0.25) is 0 Å². The quantitative estimate of drug-likeness (QED) is 0.342. The molecular weight excluding hydrogens is 429 g/mol. The normalized spacial score (nSPS) is 11.3. The monoisotopic (exact) mass is 450 g/mol. The van der Waals surface area contributed by atoms with Crippen molar-refractivity contribution in [1.29, 1.82) is 0 Å². The summed E-state index contributed by atoms with van der Waals surface area (Å²) in [5.74, 6) is -2.00. The van der Waals surface area contributed by atoms with E-state index in [-0.39, 0.29) is 11.7 Å². The van der Waals surface area contributed by atoms with Gasteiger partial charge in [-0.25, -0.2) is 5.43 Å². The van der Waals surface area contributed by atoms with Crippen LogP contribution in [0.25, 0.3) is 0 Å². The van der Waals surface area contributed by atoms with Crippen LogP contribution in [0.3, 0.4) is 0 Å². The minimum atomic E-state index is -4.51. The van der Waals surface area contributed by atoms with E-state index in [2.05, 4.69) is 21.2 Å². The Kier molecular flexibility index (Phi) is 8.33. The summed E-state index contributed by atoms with van der Waals surface area (Å²) in [5, 5.41) is 8.43. The number of anilines is 1. The van der Waals surface area contributed by atoms with Crippen LogP contribution in [0.1, 0.15) is 25.0 Å². The number of hydrogen-bond acceptors (Lipinski definition) is 5. The Morgan fingerprint density at radius 1 is 1.06 bits per heavy atom. The summed E-state index contributed by atoms with van der Waals surface area (Å²) in [5.41, 5.74) is 1.80. The van der Waals surface area contributed by atoms with Crippen molar-refractivity contribution in [2.24, 2.45) is 5.10 Å². The number of carbonyl (C=O) groups excluding carboxylic acids is 3. The molecule has 0 unspecified atom stereocenters. The Morgan fingerprint density at radius 3 is 2.38 bits per heavy atom. The summed E-state index contributed by atoms with van der Waals surface area (Å²) < 4.78 is 43.5. The Hall–Kier alpha value is -3.89. The van der Waals surface area contributed by atoms with Crippen molar-refractivity contribution in [1.82, 2.24) is 10.7 Å². The van der Waals surface area contributed by atoms with Crippen molar-refractivity contribution in [2.75, 3.05) is 11.9 Å². The number of benzene rings is 2. The van der Waals surface area contributed by atoms with Gasteiger partial charge in [0.25, 0.3) is 5.91 Å². The van der Waals surface area contributed by atoms with E-state index in [0.29, 0.717) is 11.3 Å². The van der Waals surface area contributed by atoms with E-state index >= 15 is 0 Å². The molecule has 0 saturated heterocycles. The van der Waals surface area contributed by atoms with Crippen molar-refractivity contribution in [2.45, 2.75) is 26.1 Å². The highest BCUT2D eigenvalue weighted by molar-refractivity contribution is 6.35. The van der Waals surface area contributed by atoms with Gasteiger partial charge in [-0.2, -0.15) is 18.3 Å². The Labute approximate surface area is 181 Å². The second kappa shape index (κ2) is 10.9. The van der Waals surface area contributed by atoms with Crippen molar-refractivity contribution < 1.29 is 32.3 Å².